The van der Waals surface area contributed by atoms with E-state index in [9.17, 15) is 4.79 Å². The van der Waals surface area contributed by atoms with Crippen molar-refractivity contribution >= 4 is 11.9 Å². The average Bonchev–Trinajstić information content (AvgIpc) is 2.95. The topological polar surface area (TPSA) is 71.7 Å². The van der Waals surface area contributed by atoms with Crippen LogP contribution >= 0.6 is 0 Å². The number of carbonyl (C=O) groups excluding carboxylic acids is 1. The molecule has 1 amide bonds. The molecule has 3 heterocycles. The van der Waals surface area contributed by atoms with Gasteiger partial charge in [0.05, 0.1) is 6.61 Å². The summed E-state index contributed by atoms with van der Waals surface area (Å²) in [5.74, 6) is 0.837. The van der Waals surface area contributed by atoms with Gasteiger partial charge in [-0.3, -0.25) is 4.79 Å². The van der Waals surface area contributed by atoms with Gasteiger partial charge in [0.1, 0.15) is 0 Å². The van der Waals surface area contributed by atoms with E-state index < -0.39 is 0 Å². The van der Waals surface area contributed by atoms with Crippen LogP contribution in [0.5, 0.6) is 0 Å². The Hall–Kier alpha value is -1.63. The molecule has 2 aliphatic rings. The van der Waals surface area contributed by atoms with Gasteiger partial charge in [-0.15, -0.1) is 5.10 Å². The van der Waals surface area contributed by atoms with Crippen LogP contribution in [-0.2, 0) is 9.53 Å². The number of rotatable bonds is 4. The zero-order chi connectivity index (χ0) is 15.6. The SMILES string of the molecule is COCCN1C[C@@]2(CCCN(c3nnc(C)o3)C2)CCC1=O. The maximum Gasteiger partial charge on any atom is 0.318 e. The number of carbonyl (C=O) groups is 1. The lowest BCUT2D eigenvalue weighted by Crippen LogP contribution is -2.54. The van der Waals surface area contributed by atoms with Gasteiger partial charge in [0.15, 0.2) is 0 Å². The fourth-order valence-electron chi connectivity index (χ4n) is 3.63. The van der Waals surface area contributed by atoms with E-state index in [1.165, 1.54) is 0 Å². The van der Waals surface area contributed by atoms with Crippen molar-refractivity contribution in [3.63, 3.8) is 0 Å². The third kappa shape index (κ3) is 3.09. The molecule has 122 valence electrons. The van der Waals surface area contributed by atoms with Crippen LogP contribution in [0.1, 0.15) is 31.6 Å². The van der Waals surface area contributed by atoms with Crippen molar-refractivity contribution in [1.29, 1.82) is 0 Å². The zero-order valence-corrected chi connectivity index (χ0v) is 13.4. The molecule has 0 unspecified atom stereocenters. The zero-order valence-electron chi connectivity index (χ0n) is 13.4. The Balaban J connectivity index is 1.70. The lowest BCUT2D eigenvalue weighted by atomic mass is 9.73. The monoisotopic (exact) mass is 308 g/mol. The second-order valence-electron chi connectivity index (χ2n) is 6.44. The summed E-state index contributed by atoms with van der Waals surface area (Å²) < 4.78 is 10.7. The number of likely N-dealkylation sites (tertiary alicyclic amines) is 1. The van der Waals surface area contributed by atoms with Gasteiger partial charge in [0.2, 0.25) is 11.8 Å². The van der Waals surface area contributed by atoms with Gasteiger partial charge in [0, 0.05) is 52.0 Å². The first-order valence-corrected chi connectivity index (χ1v) is 7.94. The molecule has 1 atom stereocenters. The Morgan fingerprint density at radius 3 is 2.91 bits per heavy atom. The largest absolute Gasteiger partial charge is 0.408 e. The summed E-state index contributed by atoms with van der Waals surface area (Å²) in [6.45, 7) is 5.70. The van der Waals surface area contributed by atoms with Gasteiger partial charge in [-0.25, -0.2) is 0 Å². The summed E-state index contributed by atoms with van der Waals surface area (Å²) in [4.78, 5) is 16.2. The van der Waals surface area contributed by atoms with Crippen LogP contribution in [0.3, 0.4) is 0 Å². The predicted octanol–water partition coefficient (Wildman–Crippen LogP) is 1.23. The van der Waals surface area contributed by atoms with E-state index >= 15 is 0 Å². The molecule has 1 aromatic heterocycles. The fourth-order valence-corrected chi connectivity index (χ4v) is 3.63. The Bertz CT molecular complexity index is 533. The highest BCUT2D eigenvalue weighted by Crippen LogP contribution is 2.39. The molecule has 1 spiro atoms. The lowest BCUT2D eigenvalue weighted by molar-refractivity contribution is -0.138. The Morgan fingerprint density at radius 2 is 2.18 bits per heavy atom. The Labute approximate surface area is 130 Å². The minimum atomic E-state index is 0.141. The van der Waals surface area contributed by atoms with Gasteiger partial charge in [0.25, 0.3) is 0 Å². The quantitative estimate of drug-likeness (QED) is 0.833. The molecule has 0 aliphatic carbocycles. The molecular formula is C15H24N4O3. The smallest absolute Gasteiger partial charge is 0.318 e. The standard InChI is InChI=1S/C15H24N4O3/c1-12-16-17-14(22-12)19-7-3-5-15(11-19)6-4-13(20)18(10-15)8-9-21-2/h3-11H2,1-2H3/t15-/m1/s1. The molecule has 1 aromatic rings. The summed E-state index contributed by atoms with van der Waals surface area (Å²) in [7, 11) is 1.67. The van der Waals surface area contributed by atoms with E-state index in [4.69, 9.17) is 9.15 Å². The fraction of sp³-hybridized carbons (Fsp3) is 0.800. The third-order valence-electron chi connectivity index (χ3n) is 4.76. The van der Waals surface area contributed by atoms with E-state index in [1.807, 2.05) is 11.8 Å². The second-order valence-corrected chi connectivity index (χ2v) is 6.44. The minimum Gasteiger partial charge on any atom is -0.408 e. The van der Waals surface area contributed by atoms with Crippen LogP contribution in [0, 0.1) is 12.3 Å². The number of methoxy groups -OCH3 is 1. The third-order valence-corrected chi connectivity index (χ3v) is 4.76. The molecule has 0 aromatic carbocycles. The normalized spacial score (nSPS) is 26.0. The molecule has 0 saturated carbocycles. The molecule has 2 saturated heterocycles. The predicted molar refractivity (Wildman–Crippen MR) is 80.6 cm³/mol. The molecule has 22 heavy (non-hydrogen) atoms. The van der Waals surface area contributed by atoms with Crippen LogP contribution in [-0.4, -0.2) is 60.9 Å². The van der Waals surface area contributed by atoms with Crippen LogP contribution in [0.25, 0.3) is 0 Å². The summed E-state index contributed by atoms with van der Waals surface area (Å²) in [5, 5.41) is 8.06. The van der Waals surface area contributed by atoms with E-state index in [0.717, 1.165) is 38.9 Å². The molecular weight excluding hydrogens is 284 g/mol. The maximum absolute atomic E-state index is 12.1. The number of aryl methyl sites for hydroxylation is 1. The van der Waals surface area contributed by atoms with Crippen LogP contribution in [0.4, 0.5) is 6.01 Å². The number of hydrogen-bond acceptors (Lipinski definition) is 6. The number of ether oxygens (including phenoxy) is 1. The number of piperidine rings is 2. The van der Waals surface area contributed by atoms with Crippen molar-refractivity contribution < 1.29 is 13.9 Å². The number of amides is 1. The van der Waals surface area contributed by atoms with Crippen molar-refractivity contribution in [3.05, 3.63) is 5.89 Å². The highest BCUT2D eigenvalue weighted by molar-refractivity contribution is 5.77. The Kier molecular flexibility index (Phi) is 4.33. The molecule has 0 radical (unpaired) electrons. The van der Waals surface area contributed by atoms with Gasteiger partial charge in [-0.05, 0) is 19.3 Å². The van der Waals surface area contributed by atoms with Gasteiger partial charge < -0.3 is 19.0 Å². The van der Waals surface area contributed by atoms with E-state index in [0.29, 0.717) is 31.5 Å². The van der Waals surface area contributed by atoms with E-state index in [1.54, 1.807) is 7.11 Å². The number of hydrogen-bond donors (Lipinski definition) is 0. The van der Waals surface area contributed by atoms with E-state index in [-0.39, 0.29) is 11.3 Å². The molecule has 0 bridgehead atoms. The first-order chi connectivity index (χ1) is 10.6. The summed E-state index contributed by atoms with van der Waals surface area (Å²) in [6, 6.07) is 0.608. The van der Waals surface area contributed by atoms with Crippen molar-refractivity contribution in [1.82, 2.24) is 15.1 Å². The van der Waals surface area contributed by atoms with Crippen LogP contribution in [0.2, 0.25) is 0 Å². The lowest BCUT2D eigenvalue weighted by Gasteiger charge is -2.47. The van der Waals surface area contributed by atoms with Crippen molar-refractivity contribution in [2.75, 3.05) is 44.8 Å². The Morgan fingerprint density at radius 1 is 1.32 bits per heavy atom. The molecule has 2 fully saturated rings. The molecule has 7 nitrogen and oxygen atoms in total. The molecule has 7 heteroatoms. The molecule has 0 N–H and O–H groups in total. The van der Waals surface area contributed by atoms with Crippen molar-refractivity contribution in [2.45, 2.75) is 32.6 Å². The molecule has 3 rings (SSSR count). The first-order valence-electron chi connectivity index (χ1n) is 7.94. The van der Waals surface area contributed by atoms with Crippen molar-refractivity contribution in [2.24, 2.45) is 5.41 Å². The molecule has 2 aliphatic heterocycles. The van der Waals surface area contributed by atoms with Crippen LogP contribution < -0.4 is 4.90 Å². The summed E-state index contributed by atoms with van der Waals surface area (Å²) in [6.07, 6.45) is 3.81. The highest BCUT2D eigenvalue weighted by atomic mass is 16.5. The maximum atomic E-state index is 12.1. The van der Waals surface area contributed by atoms with Gasteiger partial charge in [-0.1, -0.05) is 5.10 Å². The second kappa shape index (κ2) is 6.24. The van der Waals surface area contributed by atoms with Gasteiger partial charge >= 0.3 is 6.01 Å². The first kappa shape index (κ1) is 15.3. The van der Waals surface area contributed by atoms with Crippen LogP contribution in [0.15, 0.2) is 4.42 Å². The number of aromatic nitrogens is 2. The van der Waals surface area contributed by atoms with Crippen molar-refractivity contribution in [3.8, 4) is 0 Å². The van der Waals surface area contributed by atoms with E-state index in [2.05, 4.69) is 15.1 Å². The van der Waals surface area contributed by atoms with Gasteiger partial charge in [-0.2, -0.15) is 0 Å². The highest BCUT2D eigenvalue weighted by Gasteiger charge is 2.42. The number of nitrogens with zero attached hydrogens (tertiary/aromatic N) is 4. The summed E-state index contributed by atoms with van der Waals surface area (Å²) >= 11 is 0. The summed E-state index contributed by atoms with van der Waals surface area (Å²) in [5.41, 5.74) is 0.141. The number of anilines is 1. The minimum absolute atomic E-state index is 0.141. The average molecular weight is 308 g/mol.